The van der Waals surface area contributed by atoms with Gasteiger partial charge < -0.3 is 15.0 Å². The van der Waals surface area contributed by atoms with Gasteiger partial charge in [0.15, 0.2) is 0 Å². The molecule has 2 aromatic rings. The van der Waals surface area contributed by atoms with Crippen molar-refractivity contribution < 1.29 is 19.1 Å². The molecule has 27 heavy (non-hydrogen) atoms. The molecule has 0 spiro atoms. The first-order valence-corrected chi connectivity index (χ1v) is 8.77. The first kappa shape index (κ1) is 18.6. The van der Waals surface area contributed by atoms with E-state index in [1.54, 1.807) is 53.7 Å². The van der Waals surface area contributed by atoms with Crippen LogP contribution >= 0.6 is 0 Å². The van der Waals surface area contributed by atoms with Crippen molar-refractivity contribution in [1.82, 2.24) is 9.88 Å². The molecule has 7 heteroatoms. The number of likely N-dealkylation sites (tertiary alicyclic amines) is 1. The lowest BCUT2D eigenvalue weighted by atomic mass is 9.95. The summed E-state index contributed by atoms with van der Waals surface area (Å²) in [6, 6.07) is 10.2. The monoisotopic (exact) mass is 367 g/mol. The molecule has 0 saturated carbocycles. The van der Waals surface area contributed by atoms with Crippen molar-refractivity contribution in [3.63, 3.8) is 0 Å². The van der Waals surface area contributed by atoms with E-state index in [1.807, 2.05) is 0 Å². The highest BCUT2D eigenvalue weighted by atomic mass is 16.5. The molecule has 2 amide bonds. The second-order valence-electron chi connectivity index (χ2n) is 6.33. The highest BCUT2D eigenvalue weighted by molar-refractivity contribution is 6.02. The standard InChI is InChI=1S/C20H21N3O4/c1-27-20(26)16-6-2-3-7-17(16)22-18(24)14-8-11-23(12-9-14)19(25)15-5-4-10-21-13-15/h2-7,10,13-14H,8-9,11-12H2,1H3,(H,22,24). The number of esters is 1. The van der Waals surface area contributed by atoms with E-state index in [0.717, 1.165) is 0 Å². The van der Waals surface area contributed by atoms with E-state index >= 15 is 0 Å². The summed E-state index contributed by atoms with van der Waals surface area (Å²) in [5, 5.41) is 2.82. The average Bonchev–Trinajstić information content (AvgIpc) is 2.73. The number of hydrogen-bond donors (Lipinski definition) is 1. The van der Waals surface area contributed by atoms with Gasteiger partial charge in [-0.1, -0.05) is 12.1 Å². The molecule has 7 nitrogen and oxygen atoms in total. The lowest BCUT2D eigenvalue weighted by molar-refractivity contribution is -0.121. The lowest BCUT2D eigenvalue weighted by Crippen LogP contribution is -2.41. The van der Waals surface area contributed by atoms with Crippen LogP contribution in [-0.2, 0) is 9.53 Å². The molecule has 1 N–H and O–H groups in total. The fourth-order valence-electron chi connectivity index (χ4n) is 3.13. The maximum atomic E-state index is 12.6. The number of pyridine rings is 1. The fraction of sp³-hybridized carbons (Fsp3) is 0.300. The number of carbonyl (C=O) groups is 3. The van der Waals surface area contributed by atoms with Gasteiger partial charge in [0.2, 0.25) is 5.91 Å². The Morgan fingerprint density at radius 2 is 1.85 bits per heavy atom. The quantitative estimate of drug-likeness (QED) is 0.838. The van der Waals surface area contributed by atoms with Crippen LogP contribution in [-0.4, -0.2) is 47.9 Å². The number of aromatic nitrogens is 1. The molecular weight excluding hydrogens is 346 g/mol. The number of piperidine rings is 1. The van der Waals surface area contributed by atoms with E-state index in [2.05, 4.69) is 10.3 Å². The van der Waals surface area contributed by atoms with Gasteiger partial charge in [0.05, 0.1) is 23.9 Å². The predicted octanol–water partition coefficient (Wildman–Crippen LogP) is 2.36. The van der Waals surface area contributed by atoms with Gasteiger partial charge in [-0.25, -0.2) is 4.79 Å². The van der Waals surface area contributed by atoms with Crippen LogP contribution in [0.25, 0.3) is 0 Å². The van der Waals surface area contributed by atoms with Crippen LogP contribution in [0.5, 0.6) is 0 Å². The summed E-state index contributed by atoms with van der Waals surface area (Å²) in [7, 11) is 1.30. The zero-order chi connectivity index (χ0) is 19.2. The number of ether oxygens (including phenoxy) is 1. The van der Waals surface area contributed by atoms with Crippen molar-refractivity contribution in [2.45, 2.75) is 12.8 Å². The summed E-state index contributed by atoms with van der Waals surface area (Å²) < 4.78 is 4.75. The second kappa shape index (κ2) is 8.44. The van der Waals surface area contributed by atoms with Gasteiger partial charge in [0.1, 0.15) is 0 Å². The Hall–Kier alpha value is -3.22. The number of para-hydroxylation sites is 1. The van der Waals surface area contributed by atoms with Crippen molar-refractivity contribution in [3.05, 3.63) is 59.9 Å². The van der Waals surface area contributed by atoms with Crippen LogP contribution in [0.15, 0.2) is 48.8 Å². The minimum atomic E-state index is -0.497. The molecule has 1 saturated heterocycles. The van der Waals surface area contributed by atoms with Crippen molar-refractivity contribution >= 4 is 23.5 Å². The third kappa shape index (κ3) is 4.31. The van der Waals surface area contributed by atoms with Crippen molar-refractivity contribution in [2.75, 3.05) is 25.5 Å². The Bertz CT molecular complexity index is 830. The maximum Gasteiger partial charge on any atom is 0.339 e. The Morgan fingerprint density at radius 3 is 2.52 bits per heavy atom. The molecule has 0 radical (unpaired) electrons. The van der Waals surface area contributed by atoms with Crippen LogP contribution in [0, 0.1) is 5.92 Å². The summed E-state index contributed by atoms with van der Waals surface area (Å²) >= 11 is 0. The van der Waals surface area contributed by atoms with Gasteiger partial charge in [0.25, 0.3) is 5.91 Å². The first-order valence-electron chi connectivity index (χ1n) is 8.77. The third-order valence-electron chi connectivity index (χ3n) is 4.65. The summed E-state index contributed by atoms with van der Waals surface area (Å²) in [5.74, 6) is -0.936. The Morgan fingerprint density at radius 1 is 1.11 bits per heavy atom. The van der Waals surface area contributed by atoms with Crippen LogP contribution in [0.1, 0.15) is 33.6 Å². The van der Waals surface area contributed by atoms with Crippen molar-refractivity contribution in [1.29, 1.82) is 0 Å². The summed E-state index contributed by atoms with van der Waals surface area (Å²) in [4.78, 5) is 42.6. The normalized spacial score (nSPS) is 14.5. The van der Waals surface area contributed by atoms with Gasteiger partial charge in [-0.2, -0.15) is 0 Å². The second-order valence-corrected chi connectivity index (χ2v) is 6.33. The Labute approximate surface area is 157 Å². The molecule has 1 fully saturated rings. The zero-order valence-corrected chi connectivity index (χ0v) is 15.1. The lowest BCUT2D eigenvalue weighted by Gasteiger charge is -2.31. The molecule has 140 valence electrons. The Balaban J connectivity index is 1.60. The number of anilines is 1. The highest BCUT2D eigenvalue weighted by Gasteiger charge is 2.28. The van der Waals surface area contributed by atoms with Gasteiger partial charge in [-0.05, 0) is 37.1 Å². The molecule has 0 unspecified atom stereocenters. The summed E-state index contributed by atoms with van der Waals surface area (Å²) in [6.45, 7) is 1.01. The maximum absolute atomic E-state index is 12.6. The van der Waals surface area contributed by atoms with Crippen LogP contribution in [0.4, 0.5) is 5.69 Å². The molecule has 1 aromatic heterocycles. The van der Waals surface area contributed by atoms with Crippen LogP contribution in [0.3, 0.4) is 0 Å². The molecule has 1 aromatic carbocycles. The average molecular weight is 367 g/mol. The third-order valence-corrected chi connectivity index (χ3v) is 4.65. The van der Waals surface area contributed by atoms with Crippen LogP contribution in [0.2, 0.25) is 0 Å². The van der Waals surface area contributed by atoms with Gasteiger partial charge in [-0.3, -0.25) is 14.6 Å². The van der Waals surface area contributed by atoms with Gasteiger partial charge in [-0.15, -0.1) is 0 Å². The van der Waals surface area contributed by atoms with E-state index < -0.39 is 5.97 Å². The van der Waals surface area contributed by atoms with Crippen molar-refractivity contribution in [3.8, 4) is 0 Å². The van der Waals surface area contributed by atoms with E-state index in [1.165, 1.54) is 7.11 Å². The molecule has 0 bridgehead atoms. The van der Waals surface area contributed by atoms with E-state index in [4.69, 9.17) is 4.74 Å². The summed E-state index contributed by atoms with van der Waals surface area (Å²) in [5.41, 5.74) is 1.30. The molecular formula is C20H21N3O4. The number of nitrogens with zero attached hydrogens (tertiary/aromatic N) is 2. The number of hydrogen-bond acceptors (Lipinski definition) is 5. The molecule has 0 atom stereocenters. The molecule has 1 aliphatic heterocycles. The predicted molar refractivity (Wildman–Crippen MR) is 99.3 cm³/mol. The number of nitrogens with one attached hydrogen (secondary N) is 1. The minimum absolute atomic E-state index is 0.0713. The molecule has 1 aliphatic rings. The van der Waals surface area contributed by atoms with E-state index in [0.29, 0.717) is 42.7 Å². The van der Waals surface area contributed by atoms with Gasteiger partial charge in [0, 0.05) is 31.4 Å². The topological polar surface area (TPSA) is 88.6 Å². The molecule has 2 heterocycles. The number of rotatable bonds is 4. The number of amides is 2. The fourth-order valence-corrected chi connectivity index (χ4v) is 3.13. The van der Waals surface area contributed by atoms with Crippen LogP contribution < -0.4 is 5.32 Å². The number of benzene rings is 1. The minimum Gasteiger partial charge on any atom is -0.465 e. The molecule has 0 aliphatic carbocycles. The Kier molecular flexibility index (Phi) is 5.80. The number of carbonyl (C=O) groups excluding carboxylic acids is 3. The van der Waals surface area contributed by atoms with Crippen molar-refractivity contribution in [2.24, 2.45) is 5.92 Å². The first-order chi connectivity index (χ1) is 13.1. The van der Waals surface area contributed by atoms with E-state index in [-0.39, 0.29) is 17.7 Å². The van der Waals surface area contributed by atoms with E-state index in [9.17, 15) is 14.4 Å². The smallest absolute Gasteiger partial charge is 0.339 e. The van der Waals surface area contributed by atoms with Gasteiger partial charge >= 0.3 is 5.97 Å². The molecule has 3 rings (SSSR count). The SMILES string of the molecule is COC(=O)c1ccccc1NC(=O)C1CCN(C(=O)c2cccnc2)CC1. The highest BCUT2D eigenvalue weighted by Crippen LogP contribution is 2.22. The zero-order valence-electron chi connectivity index (χ0n) is 15.1. The largest absolute Gasteiger partial charge is 0.465 e. The number of methoxy groups -OCH3 is 1. The summed E-state index contributed by atoms with van der Waals surface area (Å²) in [6.07, 6.45) is 4.31.